The Bertz CT molecular complexity index is 670. The van der Waals surface area contributed by atoms with Gasteiger partial charge in [-0.05, 0) is 49.1 Å². The Balaban J connectivity index is 1.80. The molecule has 0 aliphatic carbocycles. The van der Waals surface area contributed by atoms with Crippen LogP contribution in [0.4, 0.5) is 0 Å². The van der Waals surface area contributed by atoms with E-state index >= 15 is 0 Å². The predicted molar refractivity (Wildman–Crippen MR) is 108 cm³/mol. The van der Waals surface area contributed by atoms with Crippen LogP contribution in [0.1, 0.15) is 43.7 Å². The first-order chi connectivity index (χ1) is 12.7. The van der Waals surface area contributed by atoms with E-state index in [1.807, 2.05) is 23.9 Å². The monoisotopic (exact) mass is 372 g/mol. The van der Waals surface area contributed by atoms with Gasteiger partial charge in [0.15, 0.2) is 6.61 Å². The fourth-order valence-electron chi connectivity index (χ4n) is 2.89. The van der Waals surface area contributed by atoms with Crippen LogP contribution >= 0.6 is 11.8 Å². The van der Waals surface area contributed by atoms with Crippen molar-refractivity contribution in [3.63, 3.8) is 0 Å². The van der Waals surface area contributed by atoms with Gasteiger partial charge >= 0.3 is 5.97 Å². The molecule has 0 atom stereocenters. The number of aryl methyl sites for hydroxylation is 1. The van der Waals surface area contributed by atoms with Crippen molar-refractivity contribution in [1.82, 2.24) is 0 Å². The van der Waals surface area contributed by atoms with Crippen molar-refractivity contribution in [2.24, 2.45) is 0 Å². The molecule has 2 aromatic rings. The van der Waals surface area contributed by atoms with Crippen LogP contribution in [0.2, 0.25) is 0 Å². The molecule has 0 aliphatic heterocycles. The highest BCUT2D eigenvalue weighted by Gasteiger charge is 2.10. The van der Waals surface area contributed by atoms with Crippen molar-refractivity contribution in [2.75, 3.05) is 12.4 Å². The van der Waals surface area contributed by atoms with Gasteiger partial charge < -0.3 is 9.84 Å². The van der Waals surface area contributed by atoms with Gasteiger partial charge in [-0.2, -0.15) is 0 Å². The lowest BCUT2D eigenvalue weighted by atomic mass is 10.1. The first-order valence-electron chi connectivity index (χ1n) is 9.34. The third kappa shape index (κ3) is 7.12. The maximum Gasteiger partial charge on any atom is 0.341 e. The van der Waals surface area contributed by atoms with Crippen molar-refractivity contribution >= 4 is 17.7 Å². The third-order valence-electron chi connectivity index (χ3n) is 4.15. The van der Waals surface area contributed by atoms with E-state index in [9.17, 15) is 4.79 Å². The quantitative estimate of drug-likeness (QED) is 0.389. The van der Waals surface area contributed by atoms with Gasteiger partial charge in [0, 0.05) is 10.5 Å². The topological polar surface area (TPSA) is 46.5 Å². The number of carboxylic acids is 1. The van der Waals surface area contributed by atoms with Gasteiger partial charge in [0.2, 0.25) is 0 Å². The summed E-state index contributed by atoms with van der Waals surface area (Å²) in [5.41, 5.74) is 2.55. The maximum absolute atomic E-state index is 10.8. The van der Waals surface area contributed by atoms with Crippen LogP contribution in [-0.4, -0.2) is 23.4 Å². The van der Waals surface area contributed by atoms with Crippen LogP contribution in [0.25, 0.3) is 0 Å². The lowest BCUT2D eigenvalue weighted by molar-refractivity contribution is -0.139. The standard InChI is InChI=1S/C22H28O3S/c1-2-10-19-20(25-17-22(23)24)14-9-15-21(19)26-16-8-4-7-13-18-11-5-3-6-12-18/h3,5-6,9,11-12,14-15H,2,4,7-8,10,13,16-17H2,1H3,(H,23,24). The number of rotatable bonds is 12. The number of carbonyl (C=O) groups is 1. The van der Waals surface area contributed by atoms with Crippen molar-refractivity contribution in [1.29, 1.82) is 0 Å². The molecular formula is C22H28O3S. The molecule has 0 spiro atoms. The molecule has 2 rings (SSSR count). The predicted octanol–water partition coefficient (Wildman–Crippen LogP) is 5.61. The van der Waals surface area contributed by atoms with Crippen LogP contribution in [0.3, 0.4) is 0 Å². The van der Waals surface area contributed by atoms with E-state index in [2.05, 4.69) is 43.3 Å². The Morgan fingerprint density at radius 1 is 1.00 bits per heavy atom. The van der Waals surface area contributed by atoms with Crippen LogP contribution in [0.15, 0.2) is 53.4 Å². The summed E-state index contributed by atoms with van der Waals surface area (Å²) in [6, 6.07) is 16.6. The number of hydrogen-bond acceptors (Lipinski definition) is 3. The van der Waals surface area contributed by atoms with Gasteiger partial charge in [-0.25, -0.2) is 4.79 Å². The molecule has 0 saturated heterocycles. The van der Waals surface area contributed by atoms with Crippen molar-refractivity contribution in [3.8, 4) is 5.75 Å². The molecule has 0 amide bonds. The molecule has 26 heavy (non-hydrogen) atoms. The summed E-state index contributed by atoms with van der Waals surface area (Å²) in [6.45, 7) is 1.84. The Morgan fingerprint density at radius 3 is 2.54 bits per heavy atom. The van der Waals surface area contributed by atoms with Crippen molar-refractivity contribution < 1.29 is 14.6 Å². The molecule has 0 saturated carbocycles. The molecule has 4 heteroatoms. The molecule has 0 fully saturated rings. The molecule has 0 aromatic heterocycles. The first-order valence-corrected chi connectivity index (χ1v) is 10.3. The minimum atomic E-state index is -0.941. The van der Waals surface area contributed by atoms with Crippen LogP contribution in [0.5, 0.6) is 5.75 Å². The number of ether oxygens (including phenoxy) is 1. The van der Waals surface area contributed by atoms with E-state index in [-0.39, 0.29) is 6.61 Å². The molecule has 0 unspecified atom stereocenters. The summed E-state index contributed by atoms with van der Waals surface area (Å²) < 4.78 is 5.47. The number of thioether (sulfide) groups is 1. The summed E-state index contributed by atoms with van der Waals surface area (Å²) in [5, 5.41) is 8.84. The van der Waals surface area contributed by atoms with E-state index in [1.54, 1.807) is 0 Å². The van der Waals surface area contributed by atoms with Crippen LogP contribution in [0, 0.1) is 0 Å². The highest BCUT2D eigenvalue weighted by molar-refractivity contribution is 7.99. The normalized spacial score (nSPS) is 10.7. The molecule has 140 valence electrons. The number of aliphatic carboxylic acids is 1. The van der Waals surface area contributed by atoms with E-state index in [4.69, 9.17) is 9.84 Å². The largest absolute Gasteiger partial charge is 0.482 e. The average molecular weight is 373 g/mol. The minimum Gasteiger partial charge on any atom is -0.482 e. The summed E-state index contributed by atoms with van der Waals surface area (Å²) in [6.07, 6.45) is 6.69. The fraction of sp³-hybridized carbons (Fsp3) is 0.409. The minimum absolute atomic E-state index is 0.287. The number of benzene rings is 2. The number of hydrogen-bond donors (Lipinski definition) is 1. The molecule has 2 aromatic carbocycles. The SMILES string of the molecule is CCCc1c(OCC(=O)O)cccc1SCCCCCc1ccccc1. The maximum atomic E-state index is 10.8. The van der Waals surface area contributed by atoms with Crippen LogP contribution < -0.4 is 4.74 Å². The van der Waals surface area contributed by atoms with Crippen LogP contribution in [-0.2, 0) is 17.6 Å². The van der Waals surface area contributed by atoms with Gasteiger partial charge in [0.25, 0.3) is 0 Å². The zero-order valence-corrected chi connectivity index (χ0v) is 16.3. The Labute approximate surface area is 160 Å². The smallest absolute Gasteiger partial charge is 0.341 e. The summed E-state index contributed by atoms with van der Waals surface area (Å²) in [7, 11) is 0. The second-order valence-corrected chi connectivity index (χ2v) is 7.45. The van der Waals surface area contributed by atoms with Gasteiger partial charge in [0.05, 0.1) is 0 Å². The summed E-state index contributed by atoms with van der Waals surface area (Å²) >= 11 is 1.85. The van der Waals surface area contributed by atoms with Gasteiger partial charge in [-0.1, -0.05) is 56.2 Å². The van der Waals surface area contributed by atoms with E-state index in [1.165, 1.54) is 29.7 Å². The number of carboxylic acid groups (broad SMARTS) is 1. The fourth-order valence-corrected chi connectivity index (χ4v) is 4.01. The molecular weight excluding hydrogens is 344 g/mol. The van der Waals surface area contributed by atoms with Gasteiger partial charge in [-0.3, -0.25) is 0 Å². The van der Waals surface area contributed by atoms with E-state index in [0.29, 0.717) is 5.75 Å². The highest BCUT2D eigenvalue weighted by Crippen LogP contribution is 2.32. The lowest BCUT2D eigenvalue weighted by Gasteiger charge is -2.14. The molecule has 0 radical (unpaired) electrons. The number of unbranched alkanes of at least 4 members (excludes halogenated alkanes) is 2. The summed E-state index contributed by atoms with van der Waals surface area (Å²) in [4.78, 5) is 12.0. The Hall–Kier alpha value is -1.94. The van der Waals surface area contributed by atoms with E-state index < -0.39 is 5.97 Å². The zero-order valence-electron chi connectivity index (χ0n) is 15.4. The molecule has 1 N–H and O–H groups in total. The third-order valence-corrected chi connectivity index (χ3v) is 5.34. The van der Waals surface area contributed by atoms with Gasteiger partial charge in [0.1, 0.15) is 5.75 Å². The molecule has 3 nitrogen and oxygen atoms in total. The highest BCUT2D eigenvalue weighted by atomic mass is 32.2. The summed E-state index contributed by atoms with van der Waals surface area (Å²) in [5.74, 6) is 0.848. The zero-order chi connectivity index (χ0) is 18.6. The van der Waals surface area contributed by atoms with Crippen molar-refractivity contribution in [3.05, 3.63) is 59.7 Å². The van der Waals surface area contributed by atoms with Gasteiger partial charge in [-0.15, -0.1) is 11.8 Å². The Morgan fingerprint density at radius 2 is 1.81 bits per heavy atom. The molecule has 0 bridgehead atoms. The molecule has 0 heterocycles. The van der Waals surface area contributed by atoms with E-state index in [0.717, 1.165) is 30.6 Å². The second kappa shape index (κ2) is 11.6. The molecule has 0 aliphatic rings. The van der Waals surface area contributed by atoms with Crippen molar-refractivity contribution in [2.45, 2.75) is 50.3 Å². The Kier molecular flexibility index (Phi) is 9.11. The lowest BCUT2D eigenvalue weighted by Crippen LogP contribution is -2.10. The second-order valence-electron chi connectivity index (χ2n) is 6.31. The first kappa shape index (κ1) is 20.4. The average Bonchev–Trinajstić information content (AvgIpc) is 2.65.